The van der Waals surface area contributed by atoms with Crippen molar-refractivity contribution >= 4 is 11.9 Å². The van der Waals surface area contributed by atoms with Gasteiger partial charge in [0.25, 0.3) is 5.91 Å². The molecule has 0 spiro atoms. The Kier molecular flexibility index (Phi) is 6.04. The van der Waals surface area contributed by atoms with Gasteiger partial charge in [-0.1, -0.05) is 12.1 Å². The van der Waals surface area contributed by atoms with E-state index in [0.717, 1.165) is 6.07 Å². The van der Waals surface area contributed by atoms with Gasteiger partial charge in [0.05, 0.1) is 0 Å². The van der Waals surface area contributed by atoms with Crippen molar-refractivity contribution in [1.82, 2.24) is 4.90 Å². The molecule has 1 aliphatic heterocycles. The summed E-state index contributed by atoms with van der Waals surface area (Å²) >= 11 is 0. The maximum atomic E-state index is 14.7. The van der Waals surface area contributed by atoms with Gasteiger partial charge in [-0.05, 0) is 55.2 Å². The van der Waals surface area contributed by atoms with Gasteiger partial charge in [0.2, 0.25) is 0 Å². The van der Waals surface area contributed by atoms with E-state index >= 15 is 0 Å². The van der Waals surface area contributed by atoms with Gasteiger partial charge in [0, 0.05) is 30.4 Å². The lowest BCUT2D eigenvalue weighted by Crippen LogP contribution is -2.46. The molecule has 0 radical (unpaired) electrons. The van der Waals surface area contributed by atoms with Crippen LogP contribution in [0.4, 0.5) is 8.78 Å². The molecule has 0 atom stereocenters. The Labute approximate surface area is 161 Å². The lowest BCUT2D eigenvalue weighted by atomic mass is 9.98. The number of aryl methyl sites for hydroxylation is 1. The van der Waals surface area contributed by atoms with Crippen molar-refractivity contribution in [2.45, 2.75) is 25.8 Å². The molecule has 1 aliphatic rings. The van der Waals surface area contributed by atoms with E-state index in [0.29, 0.717) is 37.2 Å². The number of hydrogen-bond donors (Lipinski definition) is 1. The first-order valence-corrected chi connectivity index (χ1v) is 9.03. The van der Waals surface area contributed by atoms with Crippen LogP contribution in [-0.4, -0.2) is 47.7 Å². The quantitative estimate of drug-likeness (QED) is 0.848. The molecule has 0 unspecified atom stereocenters. The zero-order chi connectivity index (χ0) is 20.3. The second-order valence-corrected chi connectivity index (χ2v) is 6.82. The molecule has 3 rings (SSSR count). The predicted molar refractivity (Wildman–Crippen MR) is 99.0 cm³/mol. The number of carbonyl (C=O) groups is 2. The smallest absolute Gasteiger partial charge is 0.323 e. The second kappa shape index (κ2) is 8.48. The second-order valence-electron chi connectivity index (χ2n) is 6.82. The molecule has 1 N–H and O–H groups in total. The number of carboxylic acids is 1. The fourth-order valence-electron chi connectivity index (χ4n) is 3.47. The van der Waals surface area contributed by atoms with Gasteiger partial charge in [-0.25, -0.2) is 8.78 Å². The van der Waals surface area contributed by atoms with Crippen molar-refractivity contribution in [1.29, 1.82) is 0 Å². The predicted octanol–water partition coefficient (Wildman–Crippen LogP) is 3.65. The summed E-state index contributed by atoms with van der Waals surface area (Å²) in [5.74, 6) is -2.69. The van der Waals surface area contributed by atoms with Crippen molar-refractivity contribution in [3.05, 3.63) is 59.2 Å². The van der Waals surface area contributed by atoms with Gasteiger partial charge >= 0.3 is 5.97 Å². The fraction of sp³-hybridized carbons (Fsp3) is 0.333. The van der Waals surface area contributed by atoms with E-state index in [2.05, 4.69) is 0 Å². The van der Waals surface area contributed by atoms with Crippen LogP contribution < -0.4 is 0 Å². The molecular formula is C21H21F2NO4. The van der Waals surface area contributed by atoms with Gasteiger partial charge in [-0.15, -0.1) is 0 Å². The minimum atomic E-state index is -1.13. The molecule has 1 saturated heterocycles. The SMILES string of the molecule is Cc1cc(F)ccc1-c1ccc(C(=O)N(CC(=O)O)C2CCOCC2)cc1F. The molecule has 0 bridgehead atoms. The molecule has 148 valence electrons. The minimum absolute atomic E-state index is 0.0776. The molecule has 2 aromatic rings. The Morgan fingerprint density at radius 1 is 1.11 bits per heavy atom. The number of amides is 1. The Morgan fingerprint density at radius 2 is 1.79 bits per heavy atom. The molecule has 0 aromatic heterocycles. The average Bonchev–Trinajstić information content (AvgIpc) is 2.66. The molecule has 2 aromatic carbocycles. The summed E-state index contributed by atoms with van der Waals surface area (Å²) < 4.78 is 33.3. The van der Waals surface area contributed by atoms with E-state index in [1.54, 1.807) is 6.92 Å². The van der Waals surface area contributed by atoms with Crippen LogP contribution in [0.1, 0.15) is 28.8 Å². The van der Waals surface area contributed by atoms with Gasteiger partial charge < -0.3 is 14.7 Å². The highest BCUT2D eigenvalue weighted by Crippen LogP contribution is 2.28. The number of carbonyl (C=O) groups excluding carboxylic acids is 1. The summed E-state index contributed by atoms with van der Waals surface area (Å²) in [6.45, 7) is 2.12. The van der Waals surface area contributed by atoms with Crippen molar-refractivity contribution in [2.24, 2.45) is 0 Å². The number of carboxylic acid groups (broad SMARTS) is 1. The molecule has 1 heterocycles. The van der Waals surface area contributed by atoms with Gasteiger partial charge in [0.15, 0.2) is 0 Å². The Balaban J connectivity index is 1.90. The molecular weight excluding hydrogens is 368 g/mol. The van der Waals surface area contributed by atoms with Crippen LogP contribution in [0.3, 0.4) is 0 Å². The van der Waals surface area contributed by atoms with Crippen molar-refractivity contribution < 1.29 is 28.2 Å². The summed E-state index contributed by atoms with van der Waals surface area (Å²) in [4.78, 5) is 25.4. The molecule has 7 heteroatoms. The van der Waals surface area contributed by atoms with Gasteiger partial charge in [0.1, 0.15) is 18.2 Å². The molecule has 28 heavy (non-hydrogen) atoms. The normalized spacial score (nSPS) is 14.7. The summed E-state index contributed by atoms with van der Waals surface area (Å²) in [7, 11) is 0. The van der Waals surface area contributed by atoms with Crippen molar-refractivity contribution in [3.8, 4) is 11.1 Å². The lowest BCUT2D eigenvalue weighted by Gasteiger charge is -2.33. The molecule has 1 amide bonds. The van der Waals surface area contributed by atoms with Crippen LogP contribution in [0.15, 0.2) is 36.4 Å². The number of aliphatic carboxylic acids is 1. The first-order valence-electron chi connectivity index (χ1n) is 9.03. The molecule has 0 saturated carbocycles. The summed E-state index contributed by atoms with van der Waals surface area (Å²) in [6, 6.07) is 7.83. The van der Waals surface area contributed by atoms with Crippen LogP contribution in [0.25, 0.3) is 11.1 Å². The van der Waals surface area contributed by atoms with E-state index in [4.69, 9.17) is 4.74 Å². The van der Waals surface area contributed by atoms with E-state index in [9.17, 15) is 23.5 Å². The van der Waals surface area contributed by atoms with Crippen LogP contribution in [-0.2, 0) is 9.53 Å². The number of ether oxygens (including phenoxy) is 1. The standard InChI is InChI=1S/C21H21F2NO4/c1-13-10-15(22)3-5-17(13)18-4-2-14(11-19(18)23)21(27)24(12-20(25)26)16-6-8-28-9-7-16/h2-5,10-11,16H,6-9,12H2,1H3,(H,25,26). The number of benzene rings is 2. The number of hydrogen-bond acceptors (Lipinski definition) is 3. The number of nitrogens with zero attached hydrogens (tertiary/aromatic N) is 1. The van der Waals surface area contributed by atoms with Gasteiger partial charge in [-0.2, -0.15) is 0 Å². The third-order valence-electron chi connectivity index (χ3n) is 4.89. The Bertz CT molecular complexity index is 894. The van der Waals surface area contributed by atoms with E-state index in [1.807, 2.05) is 0 Å². The number of rotatable bonds is 5. The minimum Gasteiger partial charge on any atom is -0.480 e. The molecule has 1 fully saturated rings. The average molecular weight is 389 g/mol. The number of halogens is 2. The van der Waals surface area contributed by atoms with Crippen molar-refractivity contribution in [3.63, 3.8) is 0 Å². The zero-order valence-electron chi connectivity index (χ0n) is 15.5. The maximum Gasteiger partial charge on any atom is 0.323 e. The zero-order valence-corrected chi connectivity index (χ0v) is 15.5. The van der Waals surface area contributed by atoms with E-state index < -0.39 is 30.1 Å². The molecule has 5 nitrogen and oxygen atoms in total. The highest BCUT2D eigenvalue weighted by atomic mass is 19.1. The topological polar surface area (TPSA) is 66.8 Å². The first-order chi connectivity index (χ1) is 13.4. The van der Waals surface area contributed by atoms with Crippen LogP contribution in [0.2, 0.25) is 0 Å². The first kappa shape index (κ1) is 19.9. The van der Waals surface area contributed by atoms with Crippen LogP contribution >= 0.6 is 0 Å². The highest BCUT2D eigenvalue weighted by molar-refractivity contribution is 5.96. The Hall–Kier alpha value is -2.80. The summed E-state index contributed by atoms with van der Waals surface area (Å²) in [5, 5.41) is 9.18. The molecule has 0 aliphatic carbocycles. The fourth-order valence-corrected chi connectivity index (χ4v) is 3.47. The van der Waals surface area contributed by atoms with E-state index in [1.165, 1.54) is 35.2 Å². The van der Waals surface area contributed by atoms with Crippen molar-refractivity contribution in [2.75, 3.05) is 19.8 Å². The lowest BCUT2D eigenvalue weighted by molar-refractivity contribution is -0.138. The van der Waals surface area contributed by atoms with Crippen LogP contribution in [0, 0.1) is 18.6 Å². The van der Waals surface area contributed by atoms with Crippen LogP contribution in [0.5, 0.6) is 0 Å². The third-order valence-corrected chi connectivity index (χ3v) is 4.89. The summed E-state index contributed by atoms with van der Waals surface area (Å²) in [6.07, 6.45) is 1.07. The monoisotopic (exact) mass is 389 g/mol. The van der Waals surface area contributed by atoms with E-state index in [-0.39, 0.29) is 17.2 Å². The highest BCUT2D eigenvalue weighted by Gasteiger charge is 2.29. The maximum absolute atomic E-state index is 14.7. The Morgan fingerprint density at radius 3 is 2.39 bits per heavy atom. The third kappa shape index (κ3) is 4.36. The summed E-state index contributed by atoms with van der Waals surface area (Å²) in [5.41, 5.74) is 1.44. The largest absolute Gasteiger partial charge is 0.480 e. The van der Waals surface area contributed by atoms with Gasteiger partial charge in [-0.3, -0.25) is 9.59 Å².